The van der Waals surface area contributed by atoms with Crippen LogP contribution in [0.4, 0.5) is 11.4 Å². The van der Waals surface area contributed by atoms with Gasteiger partial charge in [0.2, 0.25) is 0 Å². The Balaban J connectivity index is 1.32. The highest BCUT2D eigenvalue weighted by atomic mass is 15.1. The third kappa shape index (κ3) is 5.40. The number of anilines is 2. The van der Waals surface area contributed by atoms with E-state index in [-0.39, 0.29) is 0 Å². The van der Waals surface area contributed by atoms with Gasteiger partial charge in [-0.2, -0.15) is 0 Å². The van der Waals surface area contributed by atoms with E-state index in [1.807, 2.05) is 0 Å². The predicted molar refractivity (Wildman–Crippen MR) is 225 cm³/mol. The maximum absolute atomic E-state index is 2.61. The van der Waals surface area contributed by atoms with Crippen LogP contribution in [-0.4, -0.2) is 26.2 Å². The van der Waals surface area contributed by atoms with Gasteiger partial charge in [0, 0.05) is 37.6 Å². The van der Waals surface area contributed by atoms with Crippen LogP contribution in [0, 0.1) is 0 Å². The minimum Gasteiger partial charge on any atom is -0.372 e. The highest BCUT2D eigenvalue weighted by Gasteiger charge is 2.23. The van der Waals surface area contributed by atoms with Crippen LogP contribution in [0.5, 0.6) is 0 Å². The van der Waals surface area contributed by atoms with Crippen LogP contribution < -0.4 is 9.80 Å². The van der Waals surface area contributed by atoms with Gasteiger partial charge in [-0.3, -0.25) is 0 Å². The van der Waals surface area contributed by atoms with E-state index in [9.17, 15) is 0 Å². The van der Waals surface area contributed by atoms with E-state index in [0.29, 0.717) is 0 Å². The number of benzene rings is 8. The third-order valence-electron chi connectivity index (χ3n) is 11.8. The van der Waals surface area contributed by atoms with Crippen LogP contribution in [0.3, 0.4) is 0 Å². The van der Waals surface area contributed by atoms with E-state index in [1.54, 1.807) is 0 Å². The van der Waals surface area contributed by atoms with Crippen molar-refractivity contribution in [3.8, 4) is 33.4 Å². The summed E-state index contributed by atoms with van der Waals surface area (Å²) in [5, 5.41) is 10.5. The zero-order valence-corrected chi connectivity index (χ0v) is 29.8. The number of rotatable bonds is 5. The lowest BCUT2D eigenvalue weighted by Crippen LogP contribution is -2.29. The second-order valence-corrected chi connectivity index (χ2v) is 14.9. The molecule has 8 aromatic rings. The van der Waals surface area contributed by atoms with Crippen LogP contribution in [-0.2, 0) is 0 Å². The van der Waals surface area contributed by atoms with Crippen molar-refractivity contribution in [1.29, 1.82) is 0 Å². The molecule has 254 valence electrons. The summed E-state index contributed by atoms with van der Waals surface area (Å²) in [5.41, 5.74) is 10.5. The third-order valence-corrected chi connectivity index (χ3v) is 11.8. The second kappa shape index (κ2) is 13.2. The summed E-state index contributed by atoms with van der Waals surface area (Å²) in [5.74, 6) is 0. The predicted octanol–water partition coefficient (Wildman–Crippen LogP) is 13.3. The van der Waals surface area contributed by atoms with E-state index in [2.05, 4.69) is 155 Å². The first-order chi connectivity index (χ1) is 25.8. The van der Waals surface area contributed by atoms with Crippen LogP contribution in [0.1, 0.15) is 38.5 Å². The molecule has 0 saturated carbocycles. The summed E-state index contributed by atoms with van der Waals surface area (Å²) < 4.78 is 0. The van der Waals surface area contributed by atoms with E-state index < -0.39 is 0 Å². The minimum atomic E-state index is 1.12. The molecular weight excluding hydrogens is 629 g/mol. The highest BCUT2D eigenvalue weighted by Crippen LogP contribution is 2.48. The number of hydrogen-bond donors (Lipinski definition) is 0. The summed E-state index contributed by atoms with van der Waals surface area (Å²) in [4.78, 5) is 5.23. The molecule has 2 heterocycles. The molecule has 0 unspecified atom stereocenters. The second-order valence-electron chi connectivity index (χ2n) is 14.9. The van der Waals surface area contributed by atoms with Gasteiger partial charge in [-0.05, 0) is 145 Å². The molecule has 0 aliphatic carbocycles. The Labute approximate surface area is 306 Å². The highest BCUT2D eigenvalue weighted by molar-refractivity contribution is 6.25. The standard InChI is InChI=1S/C50H44N2/c1-4-15-36(16-5-1)41-26-27-44(43-19-9-8-18-42(41)43)50-46-25-23-39(51-28-10-2-11-29-51)33-47(46)49(38-21-20-35-14-6-7-17-37(35)32-38)45-24-22-40(34-48(45)50)52-30-12-3-13-31-52/h1,4-9,14-27,32-34H,2-3,10-13,28-31H2. The molecule has 2 fully saturated rings. The van der Waals surface area contributed by atoms with Gasteiger partial charge in [0.25, 0.3) is 0 Å². The lowest BCUT2D eigenvalue weighted by atomic mass is 9.83. The molecule has 2 saturated heterocycles. The lowest BCUT2D eigenvalue weighted by Gasteiger charge is -2.30. The van der Waals surface area contributed by atoms with E-state index in [1.165, 1.54) is 126 Å². The Morgan fingerprint density at radius 1 is 0.308 bits per heavy atom. The van der Waals surface area contributed by atoms with Crippen molar-refractivity contribution in [3.05, 3.63) is 146 Å². The Hall–Kier alpha value is -5.60. The largest absolute Gasteiger partial charge is 0.372 e. The van der Waals surface area contributed by atoms with Crippen molar-refractivity contribution >= 4 is 54.5 Å². The SMILES string of the molecule is c1ccc(-c2ccc(-c3c4ccc(N5CCCCC5)cc4c(-c4ccc5ccccc5c4)c4ccc(N5CCCCC5)cc34)c3ccccc23)cc1. The number of nitrogens with zero attached hydrogens (tertiary/aromatic N) is 2. The van der Waals surface area contributed by atoms with Crippen molar-refractivity contribution in [2.45, 2.75) is 38.5 Å². The average Bonchev–Trinajstić information content (AvgIpc) is 3.23. The Bertz CT molecular complexity index is 2590. The number of hydrogen-bond acceptors (Lipinski definition) is 2. The molecule has 0 bridgehead atoms. The Morgan fingerprint density at radius 2 is 0.846 bits per heavy atom. The van der Waals surface area contributed by atoms with Gasteiger partial charge < -0.3 is 9.80 Å². The van der Waals surface area contributed by atoms with E-state index in [4.69, 9.17) is 0 Å². The summed E-state index contributed by atoms with van der Waals surface area (Å²) in [6, 6.07) is 55.3. The molecule has 0 N–H and O–H groups in total. The van der Waals surface area contributed by atoms with Gasteiger partial charge in [0.15, 0.2) is 0 Å². The minimum absolute atomic E-state index is 1.12. The van der Waals surface area contributed by atoms with E-state index in [0.717, 1.165) is 26.2 Å². The maximum atomic E-state index is 2.61. The van der Waals surface area contributed by atoms with Crippen LogP contribution in [0.25, 0.3) is 76.5 Å². The average molecular weight is 673 g/mol. The van der Waals surface area contributed by atoms with Crippen molar-refractivity contribution in [3.63, 3.8) is 0 Å². The molecule has 2 heteroatoms. The Morgan fingerprint density at radius 3 is 1.52 bits per heavy atom. The molecular formula is C50H44N2. The molecule has 0 radical (unpaired) electrons. The van der Waals surface area contributed by atoms with Gasteiger partial charge in [-0.25, -0.2) is 0 Å². The summed E-state index contributed by atoms with van der Waals surface area (Å²) in [6.07, 6.45) is 7.69. The molecule has 2 aliphatic heterocycles. The molecule has 52 heavy (non-hydrogen) atoms. The molecule has 2 nitrogen and oxygen atoms in total. The molecule has 2 aliphatic rings. The molecule has 8 aromatic carbocycles. The molecule has 0 atom stereocenters. The van der Waals surface area contributed by atoms with Crippen molar-refractivity contribution in [2.75, 3.05) is 36.0 Å². The van der Waals surface area contributed by atoms with Crippen molar-refractivity contribution < 1.29 is 0 Å². The molecule has 10 rings (SSSR count). The van der Waals surface area contributed by atoms with Crippen LogP contribution in [0.2, 0.25) is 0 Å². The van der Waals surface area contributed by atoms with Crippen LogP contribution >= 0.6 is 0 Å². The number of fused-ring (bicyclic) bond motifs is 4. The number of piperidine rings is 2. The summed E-state index contributed by atoms with van der Waals surface area (Å²) in [7, 11) is 0. The fourth-order valence-electron chi connectivity index (χ4n) is 9.23. The smallest absolute Gasteiger partial charge is 0.0372 e. The van der Waals surface area contributed by atoms with E-state index >= 15 is 0 Å². The lowest BCUT2D eigenvalue weighted by molar-refractivity contribution is 0.578. The monoisotopic (exact) mass is 672 g/mol. The molecule has 0 spiro atoms. The fraction of sp³-hybridized carbons (Fsp3) is 0.200. The topological polar surface area (TPSA) is 6.48 Å². The van der Waals surface area contributed by atoms with Gasteiger partial charge >= 0.3 is 0 Å². The van der Waals surface area contributed by atoms with Gasteiger partial charge in [-0.15, -0.1) is 0 Å². The normalized spacial score (nSPS) is 15.2. The first kappa shape index (κ1) is 31.2. The van der Waals surface area contributed by atoms with Crippen molar-refractivity contribution in [2.24, 2.45) is 0 Å². The quantitative estimate of drug-likeness (QED) is 0.168. The fourth-order valence-corrected chi connectivity index (χ4v) is 9.23. The first-order valence-corrected chi connectivity index (χ1v) is 19.4. The zero-order valence-electron chi connectivity index (χ0n) is 29.8. The van der Waals surface area contributed by atoms with Gasteiger partial charge in [0.05, 0.1) is 0 Å². The summed E-state index contributed by atoms with van der Waals surface area (Å²) >= 11 is 0. The maximum Gasteiger partial charge on any atom is 0.0372 e. The molecule has 0 amide bonds. The summed E-state index contributed by atoms with van der Waals surface area (Å²) in [6.45, 7) is 4.50. The first-order valence-electron chi connectivity index (χ1n) is 19.4. The Kier molecular flexibility index (Phi) is 7.90. The van der Waals surface area contributed by atoms with Crippen molar-refractivity contribution in [1.82, 2.24) is 0 Å². The van der Waals surface area contributed by atoms with Crippen LogP contribution in [0.15, 0.2) is 146 Å². The van der Waals surface area contributed by atoms with Gasteiger partial charge in [0.1, 0.15) is 0 Å². The zero-order chi connectivity index (χ0) is 34.4. The van der Waals surface area contributed by atoms with Gasteiger partial charge in [-0.1, -0.05) is 115 Å². The molecule has 0 aromatic heterocycles.